The first-order valence-electron chi connectivity index (χ1n) is 6.43. The summed E-state index contributed by atoms with van der Waals surface area (Å²) in [5, 5.41) is 10.0. The number of nitrogens with zero attached hydrogens (tertiary/aromatic N) is 1. The second-order valence-electron chi connectivity index (χ2n) is 5.41. The molecule has 2 bridgehead atoms. The van der Waals surface area contributed by atoms with Crippen molar-refractivity contribution in [2.75, 3.05) is 6.54 Å². The van der Waals surface area contributed by atoms with Gasteiger partial charge in [0, 0.05) is 18.6 Å². The minimum absolute atomic E-state index is 0. The second-order valence-corrected chi connectivity index (χ2v) is 5.41. The third kappa shape index (κ3) is 2.11. The summed E-state index contributed by atoms with van der Waals surface area (Å²) in [5.41, 5.74) is 7.48. The molecule has 0 radical (unpaired) electrons. The minimum atomic E-state index is -0.241. The monoisotopic (exact) mass is 312 g/mol. The Morgan fingerprint density at radius 3 is 2.56 bits per heavy atom. The fraction of sp³-hybridized carbons (Fsp3) is 0.571. The molecule has 1 heterocycles. The van der Waals surface area contributed by atoms with E-state index in [1.807, 2.05) is 6.07 Å². The predicted octanol–water partition coefficient (Wildman–Crippen LogP) is 1.72. The van der Waals surface area contributed by atoms with E-state index in [2.05, 4.69) is 36.1 Å². The zero-order valence-electron chi connectivity index (χ0n) is 10.6. The van der Waals surface area contributed by atoms with Gasteiger partial charge in [-0.1, -0.05) is 30.3 Å². The molecule has 1 aromatic rings. The standard InChI is InChI=1S/C14H20N2O.BrH/c1-9(10-5-3-2-4-6-10)16-8-11-7-12(17)14(16)13(11)15;/h2-6,9,11-14,17H,7-8,15H2,1H3;1H/t9-,11+,12-,13+,14+;/m0./s1. The van der Waals surface area contributed by atoms with Crippen molar-refractivity contribution in [1.29, 1.82) is 0 Å². The summed E-state index contributed by atoms with van der Waals surface area (Å²) in [6.07, 6.45) is 0.638. The summed E-state index contributed by atoms with van der Waals surface area (Å²) in [6.45, 7) is 3.23. The van der Waals surface area contributed by atoms with Crippen molar-refractivity contribution in [3.63, 3.8) is 0 Å². The van der Waals surface area contributed by atoms with Gasteiger partial charge in [0.25, 0.3) is 0 Å². The molecule has 1 saturated heterocycles. The van der Waals surface area contributed by atoms with Gasteiger partial charge in [-0.15, -0.1) is 17.0 Å². The Bertz CT molecular complexity index is 400. The lowest BCUT2D eigenvalue weighted by molar-refractivity contribution is 0.0345. The van der Waals surface area contributed by atoms with Crippen LogP contribution >= 0.6 is 17.0 Å². The maximum Gasteiger partial charge on any atom is 0.0714 e. The summed E-state index contributed by atoms with van der Waals surface area (Å²) in [7, 11) is 0. The molecule has 0 unspecified atom stereocenters. The third-order valence-corrected chi connectivity index (χ3v) is 4.48. The average Bonchev–Trinajstić information content (AvgIpc) is 2.81. The Morgan fingerprint density at radius 1 is 1.33 bits per heavy atom. The topological polar surface area (TPSA) is 49.5 Å². The number of likely N-dealkylation sites (tertiary alicyclic amines) is 1. The first-order chi connectivity index (χ1) is 8.18. The SMILES string of the molecule is Br.C[C@@H](c1ccccc1)N1C[C@H]2C[C@H](O)[C@@H]1[C@@H]2N. The van der Waals surface area contributed by atoms with Gasteiger partial charge in [0.05, 0.1) is 12.1 Å². The molecule has 1 aliphatic heterocycles. The highest BCUT2D eigenvalue weighted by atomic mass is 79.9. The van der Waals surface area contributed by atoms with E-state index in [1.165, 1.54) is 5.56 Å². The Balaban J connectivity index is 0.00000120. The number of hydrogen-bond donors (Lipinski definition) is 2. The number of rotatable bonds is 2. The van der Waals surface area contributed by atoms with Gasteiger partial charge < -0.3 is 10.8 Å². The van der Waals surface area contributed by atoms with Crippen LogP contribution in [0.5, 0.6) is 0 Å². The molecular weight excluding hydrogens is 292 g/mol. The molecular formula is C14H21BrN2O. The van der Waals surface area contributed by atoms with Crippen molar-refractivity contribution in [2.24, 2.45) is 11.7 Å². The van der Waals surface area contributed by atoms with Gasteiger partial charge >= 0.3 is 0 Å². The quantitative estimate of drug-likeness (QED) is 0.874. The molecule has 0 amide bonds. The maximum atomic E-state index is 10.0. The van der Waals surface area contributed by atoms with Crippen molar-refractivity contribution >= 4 is 17.0 Å². The average molecular weight is 313 g/mol. The van der Waals surface area contributed by atoms with Crippen LogP contribution in [0.15, 0.2) is 30.3 Å². The van der Waals surface area contributed by atoms with Crippen LogP contribution in [-0.4, -0.2) is 34.7 Å². The van der Waals surface area contributed by atoms with Crippen molar-refractivity contribution < 1.29 is 5.11 Å². The van der Waals surface area contributed by atoms with E-state index in [1.54, 1.807) is 0 Å². The van der Waals surface area contributed by atoms with Gasteiger partial charge in [-0.3, -0.25) is 4.90 Å². The Labute approximate surface area is 119 Å². The van der Waals surface area contributed by atoms with Crippen LogP contribution in [0, 0.1) is 5.92 Å². The molecule has 2 fully saturated rings. The molecule has 1 aliphatic carbocycles. The Kier molecular flexibility index (Phi) is 4.11. The van der Waals surface area contributed by atoms with Gasteiger partial charge in [0.2, 0.25) is 0 Å². The molecule has 0 spiro atoms. The summed E-state index contributed by atoms with van der Waals surface area (Å²) < 4.78 is 0. The minimum Gasteiger partial charge on any atom is -0.391 e. The van der Waals surface area contributed by atoms with Gasteiger partial charge in [-0.05, 0) is 24.8 Å². The Hall–Kier alpha value is -0.420. The largest absolute Gasteiger partial charge is 0.391 e. The molecule has 4 heteroatoms. The highest BCUT2D eigenvalue weighted by molar-refractivity contribution is 8.93. The van der Waals surface area contributed by atoms with Crippen LogP contribution in [-0.2, 0) is 0 Å². The van der Waals surface area contributed by atoms with Crippen LogP contribution in [0.25, 0.3) is 0 Å². The fourth-order valence-electron chi connectivity index (χ4n) is 3.51. The molecule has 3 nitrogen and oxygen atoms in total. The van der Waals surface area contributed by atoms with Crippen LogP contribution in [0.2, 0.25) is 0 Å². The normalized spacial score (nSPS) is 36.4. The number of fused-ring (bicyclic) bond motifs is 2. The van der Waals surface area contributed by atoms with E-state index >= 15 is 0 Å². The molecule has 5 atom stereocenters. The number of benzene rings is 1. The fourth-order valence-corrected chi connectivity index (χ4v) is 3.51. The number of aliphatic hydroxyl groups excluding tert-OH is 1. The number of piperidine rings is 1. The van der Waals surface area contributed by atoms with Gasteiger partial charge in [0.1, 0.15) is 0 Å². The van der Waals surface area contributed by atoms with Crippen LogP contribution < -0.4 is 5.73 Å². The third-order valence-electron chi connectivity index (χ3n) is 4.48. The molecule has 2 aliphatic rings. The smallest absolute Gasteiger partial charge is 0.0714 e. The van der Waals surface area contributed by atoms with Gasteiger partial charge in [0.15, 0.2) is 0 Å². The highest BCUT2D eigenvalue weighted by Crippen LogP contribution is 2.41. The maximum absolute atomic E-state index is 10.0. The molecule has 1 saturated carbocycles. The predicted molar refractivity (Wildman–Crippen MR) is 77.8 cm³/mol. The van der Waals surface area contributed by atoms with Crippen molar-refractivity contribution in [3.8, 4) is 0 Å². The first kappa shape index (κ1) is 14.0. The number of halogens is 1. The molecule has 3 rings (SSSR count). The molecule has 100 valence electrons. The molecule has 18 heavy (non-hydrogen) atoms. The van der Waals surface area contributed by atoms with Crippen LogP contribution in [0.1, 0.15) is 24.9 Å². The summed E-state index contributed by atoms with van der Waals surface area (Å²) >= 11 is 0. The lowest BCUT2D eigenvalue weighted by atomic mass is 10.0. The van der Waals surface area contributed by atoms with E-state index in [-0.39, 0.29) is 35.2 Å². The summed E-state index contributed by atoms with van der Waals surface area (Å²) in [5.74, 6) is 0.473. The second kappa shape index (κ2) is 5.29. The van der Waals surface area contributed by atoms with Crippen molar-refractivity contribution in [3.05, 3.63) is 35.9 Å². The first-order valence-corrected chi connectivity index (χ1v) is 6.43. The number of aliphatic hydroxyl groups is 1. The van der Waals surface area contributed by atoms with Crippen molar-refractivity contribution in [1.82, 2.24) is 4.90 Å². The van der Waals surface area contributed by atoms with E-state index < -0.39 is 0 Å². The zero-order valence-corrected chi connectivity index (χ0v) is 12.3. The molecule has 0 aromatic heterocycles. The van der Waals surface area contributed by atoms with E-state index in [4.69, 9.17) is 5.73 Å². The van der Waals surface area contributed by atoms with E-state index in [0.29, 0.717) is 12.0 Å². The number of nitrogens with two attached hydrogens (primary N) is 1. The van der Waals surface area contributed by atoms with Gasteiger partial charge in [-0.25, -0.2) is 0 Å². The van der Waals surface area contributed by atoms with E-state index in [9.17, 15) is 5.11 Å². The zero-order chi connectivity index (χ0) is 12.0. The lowest BCUT2D eigenvalue weighted by Crippen LogP contribution is -2.46. The van der Waals surface area contributed by atoms with Crippen LogP contribution in [0.4, 0.5) is 0 Å². The van der Waals surface area contributed by atoms with Gasteiger partial charge in [-0.2, -0.15) is 0 Å². The molecule has 1 aromatic carbocycles. The van der Waals surface area contributed by atoms with Crippen LogP contribution in [0.3, 0.4) is 0 Å². The summed E-state index contributed by atoms with van der Waals surface area (Å²) in [6, 6.07) is 11.1. The van der Waals surface area contributed by atoms with E-state index in [0.717, 1.165) is 13.0 Å². The number of hydrogen-bond acceptors (Lipinski definition) is 3. The van der Waals surface area contributed by atoms with Crippen molar-refractivity contribution in [2.45, 2.75) is 37.6 Å². The molecule has 3 N–H and O–H groups in total. The highest BCUT2D eigenvalue weighted by Gasteiger charge is 2.51. The Morgan fingerprint density at radius 2 is 2.00 bits per heavy atom. The summed E-state index contributed by atoms with van der Waals surface area (Å²) in [4.78, 5) is 2.37. The lowest BCUT2D eigenvalue weighted by Gasteiger charge is -2.35.